The smallest absolute Gasteiger partial charge is 0.124 e. The van der Waals surface area contributed by atoms with E-state index in [1.54, 1.807) is 7.11 Å². The molecule has 0 saturated heterocycles. The van der Waals surface area contributed by atoms with Gasteiger partial charge in [-0.25, -0.2) is 0 Å². The van der Waals surface area contributed by atoms with Crippen LogP contribution in [0.5, 0.6) is 5.75 Å². The van der Waals surface area contributed by atoms with Crippen molar-refractivity contribution in [2.45, 2.75) is 39.4 Å². The molecule has 0 aliphatic carbocycles. The van der Waals surface area contributed by atoms with Crippen LogP contribution >= 0.6 is 0 Å². The summed E-state index contributed by atoms with van der Waals surface area (Å²) in [4.78, 5) is 0. The van der Waals surface area contributed by atoms with E-state index in [-0.39, 0.29) is 12.2 Å². The molecule has 3 nitrogen and oxygen atoms in total. The average Bonchev–Trinajstić information content (AvgIpc) is 2.30. The Morgan fingerprint density at radius 3 is 2.59 bits per heavy atom. The van der Waals surface area contributed by atoms with Crippen molar-refractivity contribution in [1.82, 2.24) is 0 Å². The molecule has 0 unspecified atom stereocenters. The van der Waals surface area contributed by atoms with Crippen LogP contribution in [0.15, 0.2) is 18.2 Å². The normalized spacial score (nSPS) is 11.6. The first kappa shape index (κ1) is 14.0. The minimum atomic E-state index is -0.177. The zero-order valence-electron chi connectivity index (χ0n) is 11.1. The van der Waals surface area contributed by atoms with Crippen LogP contribution in [0.1, 0.15) is 31.4 Å². The molecule has 1 aromatic carbocycles. The van der Waals surface area contributed by atoms with Gasteiger partial charge < -0.3 is 14.6 Å². The van der Waals surface area contributed by atoms with Crippen LogP contribution in [0.4, 0.5) is 0 Å². The van der Waals surface area contributed by atoms with E-state index >= 15 is 0 Å². The van der Waals surface area contributed by atoms with Gasteiger partial charge in [0.05, 0.1) is 18.8 Å². The second kappa shape index (κ2) is 6.03. The van der Waals surface area contributed by atoms with Crippen molar-refractivity contribution in [3.05, 3.63) is 29.3 Å². The molecule has 1 N–H and O–H groups in total. The summed E-state index contributed by atoms with van der Waals surface area (Å²) in [7, 11) is 1.70. The molecule has 0 aromatic heterocycles. The van der Waals surface area contributed by atoms with E-state index in [0.717, 1.165) is 23.3 Å². The third kappa shape index (κ3) is 4.36. The number of hydrogen-bond donors (Lipinski definition) is 1. The maximum absolute atomic E-state index is 9.24. The summed E-state index contributed by atoms with van der Waals surface area (Å²) < 4.78 is 11.0. The SMILES string of the molecule is COC(C)(C)CCOc1ccc(C)cc1CO. The van der Waals surface area contributed by atoms with Crippen molar-refractivity contribution in [2.75, 3.05) is 13.7 Å². The highest BCUT2D eigenvalue weighted by Gasteiger charge is 2.16. The average molecular weight is 238 g/mol. The predicted molar refractivity (Wildman–Crippen MR) is 68.3 cm³/mol. The Bertz CT molecular complexity index is 358. The van der Waals surface area contributed by atoms with Crippen LogP contribution in [0.2, 0.25) is 0 Å². The molecular formula is C14H22O3. The van der Waals surface area contributed by atoms with Gasteiger partial charge in [0.1, 0.15) is 5.75 Å². The fourth-order valence-corrected chi connectivity index (χ4v) is 1.48. The lowest BCUT2D eigenvalue weighted by atomic mass is 10.1. The number of aliphatic hydroxyl groups is 1. The molecule has 0 atom stereocenters. The van der Waals surface area contributed by atoms with E-state index in [2.05, 4.69) is 0 Å². The third-order valence-electron chi connectivity index (χ3n) is 2.90. The van der Waals surface area contributed by atoms with Gasteiger partial charge in [-0.15, -0.1) is 0 Å². The molecule has 3 heteroatoms. The lowest BCUT2D eigenvalue weighted by Crippen LogP contribution is -2.25. The number of aryl methyl sites for hydroxylation is 1. The van der Waals surface area contributed by atoms with Gasteiger partial charge in [-0.2, -0.15) is 0 Å². The maximum Gasteiger partial charge on any atom is 0.124 e. The van der Waals surface area contributed by atoms with Crippen molar-refractivity contribution < 1.29 is 14.6 Å². The second-order valence-corrected chi connectivity index (χ2v) is 4.83. The van der Waals surface area contributed by atoms with Gasteiger partial charge in [0.15, 0.2) is 0 Å². The van der Waals surface area contributed by atoms with Crippen molar-refractivity contribution in [3.63, 3.8) is 0 Å². The molecule has 0 amide bonds. The molecule has 0 fully saturated rings. The highest BCUT2D eigenvalue weighted by atomic mass is 16.5. The van der Waals surface area contributed by atoms with E-state index < -0.39 is 0 Å². The van der Waals surface area contributed by atoms with E-state index in [1.165, 1.54) is 0 Å². The Hall–Kier alpha value is -1.06. The Morgan fingerprint density at radius 1 is 1.29 bits per heavy atom. The van der Waals surface area contributed by atoms with E-state index in [4.69, 9.17) is 9.47 Å². The molecule has 0 radical (unpaired) electrons. The first-order chi connectivity index (χ1) is 7.98. The van der Waals surface area contributed by atoms with Crippen molar-refractivity contribution in [2.24, 2.45) is 0 Å². The zero-order valence-corrected chi connectivity index (χ0v) is 11.1. The number of benzene rings is 1. The molecule has 0 saturated carbocycles. The largest absolute Gasteiger partial charge is 0.493 e. The van der Waals surface area contributed by atoms with Gasteiger partial charge in [0.2, 0.25) is 0 Å². The molecular weight excluding hydrogens is 216 g/mol. The van der Waals surface area contributed by atoms with Gasteiger partial charge in [0.25, 0.3) is 0 Å². The predicted octanol–water partition coefficient (Wildman–Crippen LogP) is 2.68. The number of aliphatic hydroxyl groups excluding tert-OH is 1. The topological polar surface area (TPSA) is 38.7 Å². The summed E-state index contributed by atoms with van der Waals surface area (Å²) in [5.41, 5.74) is 1.78. The Morgan fingerprint density at radius 2 is 2.00 bits per heavy atom. The van der Waals surface area contributed by atoms with Gasteiger partial charge in [0, 0.05) is 19.1 Å². The molecule has 0 aliphatic rings. The number of ether oxygens (including phenoxy) is 2. The minimum absolute atomic E-state index is 0.00465. The van der Waals surface area contributed by atoms with Crippen molar-refractivity contribution >= 4 is 0 Å². The van der Waals surface area contributed by atoms with E-state index in [0.29, 0.717) is 6.61 Å². The summed E-state index contributed by atoms with van der Waals surface area (Å²) >= 11 is 0. The number of methoxy groups -OCH3 is 1. The van der Waals surface area contributed by atoms with E-state index in [1.807, 2.05) is 39.0 Å². The summed E-state index contributed by atoms with van der Waals surface area (Å²) in [6.45, 7) is 6.63. The molecule has 17 heavy (non-hydrogen) atoms. The Kier molecular flexibility index (Phi) is 4.97. The quantitative estimate of drug-likeness (QED) is 0.828. The fraction of sp³-hybridized carbons (Fsp3) is 0.571. The van der Waals surface area contributed by atoms with Gasteiger partial charge in [-0.3, -0.25) is 0 Å². The maximum atomic E-state index is 9.24. The van der Waals surface area contributed by atoms with Gasteiger partial charge in [-0.05, 0) is 26.8 Å². The van der Waals surface area contributed by atoms with Crippen LogP contribution < -0.4 is 4.74 Å². The zero-order chi connectivity index (χ0) is 12.9. The Labute approximate surface area is 103 Å². The minimum Gasteiger partial charge on any atom is -0.493 e. The number of rotatable bonds is 6. The van der Waals surface area contributed by atoms with Crippen molar-refractivity contribution in [1.29, 1.82) is 0 Å². The van der Waals surface area contributed by atoms with Crippen LogP contribution in [0.3, 0.4) is 0 Å². The summed E-state index contributed by atoms with van der Waals surface area (Å²) in [6, 6.07) is 5.83. The lowest BCUT2D eigenvalue weighted by molar-refractivity contribution is 0.00530. The van der Waals surface area contributed by atoms with E-state index in [9.17, 15) is 5.11 Å². The Balaban J connectivity index is 2.57. The standard InChI is InChI=1S/C14H22O3/c1-11-5-6-13(12(9-11)10-15)17-8-7-14(2,3)16-4/h5-6,9,15H,7-8,10H2,1-4H3. The monoisotopic (exact) mass is 238 g/mol. The van der Waals surface area contributed by atoms with Crippen molar-refractivity contribution in [3.8, 4) is 5.75 Å². The molecule has 1 aromatic rings. The van der Waals surface area contributed by atoms with Gasteiger partial charge in [-0.1, -0.05) is 17.7 Å². The second-order valence-electron chi connectivity index (χ2n) is 4.83. The first-order valence-corrected chi connectivity index (χ1v) is 5.87. The summed E-state index contributed by atoms with van der Waals surface area (Å²) in [6.07, 6.45) is 0.808. The molecule has 0 spiro atoms. The molecule has 0 bridgehead atoms. The molecule has 0 aliphatic heterocycles. The summed E-state index contributed by atoms with van der Waals surface area (Å²) in [5.74, 6) is 0.755. The molecule has 96 valence electrons. The van der Waals surface area contributed by atoms with Crippen LogP contribution in [0, 0.1) is 6.92 Å². The van der Waals surface area contributed by atoms with Crippen LogP contribution in [-0.2, 0) is 11.3 Å². The lowest BCUT2D eigenvalue weighted by Gasteiger charge is -2.23. The first-order valence-electron chi connectivity index (χ1n) is 5.87. The summed E-state index contributed by atoms with van der Waals surface area (Å²) in [5, 5.41) is 9.24. The molecule has 1 rings (SSSR count). The van der Waals surface area contributed by atoms with Gasteiger partial charge >= 0.3 is 0 Å². The number of hydrogen-bond acceptors (Lipinski definition) is 3. The van der Waals surface area contributed by atoms with Crippen LogP contribution in [-0.4, -0.2) is 24.4 Å². The fourth-order valence-electron chi connectivity index (χ4n) is 1.48. The van der Waals surface area contributed by atoms with Crippen LogP contribution in [0.25, 0.3) is 0 Å². The highest BCUT2D eigenvalue weighted by Crippen LogP contribution is 2.21. The highest BCUT2D eigenvalue weighted by molar-refractivity contribution is 5.36. The third-order valence-corrected chi connectivity index (χ3v) is 2.90. The molecule has 0 heterocycles.